The van der Waals surface area contributed by atoms with E-state index < -0.39 is 0 Å². The second-order valence-electron chi connectivity index (χ2n) is 6.39. The number of halogens is 1. The summed E-state index contributed by atoms with van der Waals surface area (Å²) in [7, 11) is 1.86. The van der Waals surface area contributed by atoms with Crippen LogP contribution in [0.25, 0.3) is 0 Å². The predicted molar refractivity (Wildman–Crippen MR) is 93.9 cm³/mol. The standard InChI is InChI=1S/C18H21FN6/c1-13-16(19)18(23-12-22-13)24(2)11-14-5-8-25(9-6-14)17-15(10-20)4-3-7-21-17/h3-4,7,12,14H,5-6,8-9,11H2,1-2H3. The summed E-state index contributed by atoms with van der Waals surface area (Å²) in [5, 5.41) is 9.22. The number of aryl methyl sites for hydroxylation is 1. The molecular weight excluding hydrogens is 319 g/mol. The highest BCUT2D eigenvalue weighted by atomic mass is 19.1. The predicted octanol–water partition coefficient (Wildman–Crippen LogP) is 2.54. The molecule has 2 aromatic heterocycles. The summed E-state index contributed by atoms with van der Waals surface area (Å²) in [5.74, 6) is 1.21. The molecule has 7 heteroatoms. The Morgan fingerprint density at radius 1 is 1.32 bits per heavy atom. The monoisotopic (exact) mass is 340 g/mol. The Morgan fingerprint density at radius 3 is 2.80 bits per heavy atom. The average Bonchev–Trinajstić information content (AvgIpc) is 2.64. The lowest BCUT2D eigenvalue weighted by atomic mass is 9.96. The van der Waals surface area contributed by atoms with Crippen molar-refractivity contribution in [2.24, 2.45) is 5.92 Å². The van der Waals surface area contributed by atoms with E-state index in [2.05, 4.69) is 25.9 Å². The number of nitriles is 1. The van der Waals surface area contributed by atoms with E-state index in [1.807, 2.05) is 11.9 Å². The SMILES string of the molecule is Cc1ncnc(N(C)CC2CCN(c3ncccc3C#N)CC2)c1F. The number of hydrogen-bond acceptors (Lipinski definition) is 6. The minimum Gasteiger partial charge on any atom is -0.357 e. The van der Waals surface area contributed by atoms with Gasteiger partial charge in [0, 0.05) is 32.9 Å². The molecule has 0 N–H and O–H groups in total. The van der Waals surface area contributed by atoms with Gasteiger partial charge in [-0.2, -0.15) is 5.26 Å². The van der Waals surface area contributed by atoms with Gasteiger partial charge < -0.3 is 9.80 Å². The number of pyridine rings is 1. The molecule has 3 heterocycles. The van der Waals surface area contributed by atoms with Crippen LogP contribution in [0.15, 0.2) is 24.7 Å². The highest BCUT2D eigenvalue weighted by molar-refractivity contribution is 5.53. The lowest BCUT2D eigenvalue weighted by Crippen LogP contribution is -2.39. The van der Waals surface area contributed by atoms with Crippen molar-refractivity contribution < 1.29 is 4.39 Å². The van der Waals surface area contributed by atoms with Gasteiger partial charge in [-0.3, -0.25) is 0 Å². The molecule has 0 spiro atoms. The lowest BCUT2D eigenvalue weighted by molar-refractivity contribution is 0.405. The summed E-state index contributed by atoms with van der Waals surface area (Å²) in [4.78, 5) is 16.3. The second-order valence-corrected chi connectivity index (χ2v) is 6.39. The highest BCUT2D eigenvalue weighted by Gasteiger charge is 2.24. The van der Waals surface area contributed by atoms with Crippen molar-refractivity contribution in [2.45, 2.75) is 19.8 Å². The summed E-state index contributed by atoms with van der Waals surface area (Å²) >= 11 is 0. The number of hydrogen-bond donors (Lipinski definition) is 0. The Hall–Kier alpha value is -2.75. The molecule has 1 fully saturated rings. The zero-order valence-electron chi connectivity index (χ0n) is 14.5. The van der Waals surface area contributed by atoms with E-state index in [0.29, 0.717) is 23.0 Å². The number of nitrogens with zero attached hydrogens (tertiary/aromatic N) is 6. The Morgan fingerprint density at radius 2 is 2.08 bits per heavy atom. The molecule has 0 aliphatic carbocycles. The summed E-state index contributed by atoms with van der Waals surface area (Å²) in [6.07, 6.45) is 5.06. The van der Waals surface area contributed by atoms with E-state index in [1.54, 1.807) is 25.3 Å². The molecule has 25 heavy (non-hydrogen) atoms. The molecule has 0 aromatic carbocycles. The van der Waals surface area contributed by atoms with Crippen molar-refractivity contribution in [3.8, 4) is 6.07 Å². The number of piperidine rings is 1. The summed E-state index contributed by atoms with van der Waals surface area (Å²) in [6.45, 7) is 4.08. The highest BCUT2D eigenvalue weighted by Crippen LogP contribution is 2.26. The third kappa shape index (κ3) is 3.68. The van der Waals surface area contributed by atoms with Gasteiger partial charge in [0.2, 0.25) is 0 Å². The summed E-state index contributed by atoms with van der Waals surface area (Å²) < 4.78 is 14.2. The van der Waals surface area contributed by atoms with Gasteiger partial charge in [0.05, 0.1) is 11.3 Å². The van der Waals surface area contributed by atoms with E-state index in [9.17, 15) is 9.65 Å². The minimum absolute atomic E-state index is 0.352. The van der Waals surface area contributed by atoms with E-state index in [4.69, 9.17) is 0 Å². The van der Waals surface area contributed by atoms with E-state index in [0.717, 1.165) is 38.3 Å². The fraction of sp³-hybridized carbons (Fsp3) is 0.444. The lowest BCUT2D eigenvalue weighted by Gasteiger charge is -2.35. The first-order valence-corrected chi connectivity index (χ1v) is 8.38. The van der Waals surface area contributed by atoms with Gasteiger partial charge in [0.15, 0.2) is 11.6 Å². The van der Waals surface area contributed by atoms with Gasteiger partial charge in [-0.1, -0.05) is 0 Å². The van der Waals surface area contributed by atoms with Gasteiger partial charge in [-0.25, -0.2) is 19.3 Å². The van der Waals surface area contributed by atoms with E-state index >= 15 is 0 Å². The molecule has 1 aliphatic rings. The van der Waals surface area contributed by atoms with Crippen LogP contribution in [0.2, 0.25) is 0 Å². The Kier molecular flexibility index (Phi) is 5.08. The number of aromatic nitrogens is 3. The first-order chi connectivity index (χ1) is 12.1. The molecule has 1 aliphatic heterocycles. The number of anilines is 2. The van der Waals surface area contributed by atoms with Crippen LogP contribution in [0.3, 0.4) is 0 Å². The molecule has 1 saturated heterocycles. The van der Waals surface area contributed by atoms with Crippen LogP contribution in [0.5, 0.6) is 0 Å². The van der Waals surface area contributed by atoms with Crippen molar-refractivity contribution in [1.82, 2.24) is 15.0 Å². The van der Waals surface area contributed by atoms with Crippen LogP contribution in [0, 0.1) is 30.0 Å². The Bertz CT molecular complexity index is 779. The maximum atomic E-state index is 14.2. The largest absolute Gasteiger partial charge is 0.357 e. The first-order valence-electron chi connectivity index (χ1n) is 8.38. The van der Waals surface area contributed by atoms with Crippen molar-refractivity contribution in [3.63, 3.8) is 0 Å². The average molecular weight is 340 g/mol. The van der Waals surface area contributed by atoms with Crippen molar-refractivity contribution in [2.75, 3.05) is 36.5 Å². The van der Waals surface area contributed by atoms with Crippen LogP contribution in [-0.4, -0.2) is 41.6 Å². The van der Waals surface area contributed by atoms with E-state index in [-0.39, 0.29) is 5.82 Å². The molecule has 0 radical (unpaired) electrons. The molecule has 0 amide bonds. The third-order valence-electron chi connectivity index (χ3n) is 4.66. The molecule has 0 unspecified atom stereocenters. The van der Waals surface area contributed by atoms with Crippen LogP contribution in [0.1, 0.15) is 24.1 Å². The fourth-order valence-corrected chi connectivity index (χ4v) is 3.25. The molecule has 6 nitrogen and oxygen atoms in total. The topological polar surface area (TPSA) is 68.9 Å². The first kappa shape index (κ1) is 17.1. The summed E-state index contributed by atoms with van der Waals surface area (Å²) in [5.41, 5.74) is 0.974. The molecule has 3 rings (SSSR count). The number of rotatable bonds is 4. The maximum Gasteiger partial charge on any atom is 0.186 e. The molecule has 130 valence electrons. The van der Waals surface area contributed by atoms with Crippen molar-refractivity contribution in [1.29, 1.82) is 5.26 Å². The van der Waals surface area contributed by atoms with Gasteiger partial charge >= 0.3 is 0 Å². The molecule has 2 aromatic rings. The quantitative estimate of drug-likeness (QED) is 0.852. The maximum absolute atomic E-state index is 14.2. The van der Waals surface area contributed by atoms with Gasteiger partial charge in [-0.15, -0.1) is 0 Å². The Labute approximate surface area is 147 Å². The third-order valence-corrected chi connectivity index (χ3v) is 4.66. The normalized spacial score (nSPS) is 15.0. The fourth-order valence-electron chi connectivity index (χ4n) is 3.25. The van der Waals surface area contributed by atoms with Gasteiger partial charge in [0.1, 0.15) is 18.2 Å². The Balaban J connectivity index is 1.61. The smallest absolute Gasteiger partial charge is 0.186 e. The van der Waals surface area contributed by atoms with E-state index in [1.165, 1.54) is 6.33 Å². The molecule has 0 atom stereocenters. The molecule has 0 bridgehead atoms. The molecular formula is C18H21FN6. The summed E-state index contributed by atoms with van der Waals surface area (Å²) in [6, 6.07) is 5.77. The van der Waals surface area contributed by atoms with Crippen molar-refractivity contribution in [3.05, 3.63) is 41.7 Å². The zero-order valence-corrected chi connectivity index (χ0v) is 14.5. The van der Waals surface area contributed by atoms with Gasteiger partial charge in [-0.05, 0) is 37.8 Å². The second kappa shape index (κ2) is 7.43. The zero-order chi connectivity index (χ0) is 17.8. The van der Waals surface area contributed by atoms with Crippen LogP contribution >= 0.6 is 0 Å². The molecule has 0 saturated carbocycles. The van der Waals surface area contributed by atoms with Crippen LogP contribution < -0.4 is 9.80 Å². The van der Waals surface area contributed by atoms with Crippen LogP contribution in [-0.2, 0) is 0 Å². The minimum atomic E-state index is -0.352. The van der Waals surface area contributed by atoms with Crippen LogP contribution in [0.4, 0.5) is 16.0 Å². The van der Waals surface area contributed by atoms with Crippen molar-refractivity contribution >= 4 is 11.6 Å². The van der Waals surface area contributed by atoms with Gasteiger partial charge in [0.25, 0.3) is 0 Å².